The molecule has 5 nitrogen and oxygen atoms in total. The van der Waals surface area contributed by atoms with Crippen LogP contribution in [0.4, 0.5) is 0 Å². The molecule has 0 bridgehead atoms. The Morgan fingerprint density at radius 3 is 2.75 bits per heavy atom. The highest BCUT2D eigenvalue weighted by Gasteiger charge is 2.18. The van der Waals surface area contributed by atoms with E-state index in [9.17, 15) is 0 Å². The normalized spacial score (nSPS) is 16.2. The standard InChI is InChI=1S/C15H23N3O2/c1-17-15(16)18-10-11-7-8-13(19-2)14(9-11)20-12-5-3-4-6-12/h7-9,12H,3-6,10H2,1-2H3,(H3,16,17,18). The second-order valence-electron chi connectivity index (χ2n) is 4.97. The van der Waals surface area contributed by atoms with E-state index in [-0.39, 0.29) is 0 Å². The molecular weight excluding hydrogens is 254 g/mol. The second kappa shape index (κ2) is 7.03. The topological polar surface area (TPSA) is 68.9 Å². The molecule has 0 heterocycles. The highest BCUT2D eigenvalue weighted by Crippen LogP contribution is 2.32. The van der Waals surface area contributed by atoms with Gasteiger partial charge in [0.05, 0.1) is 13.2 Å². The first kappa shape index (κ1) is 14.5. The first-order chi connectivity index (χ1) is 9.72. The van der Waals surface area contributed by atoms with Crippen molar-refractivity contribution in [2.24, 2.45) is 10.7 Å². The summed E-state index contributed by atoms with van der Waals surface area (Å²) >= 11 is 0. The number of aliphatic imine (C=N–C) groups is 1. The third-order valence-electron chi connectivity index (χ3n) is 3.54. The average Bonchev–Trinajstić information content (AvgIpc) is 2.98. The smallest absolute Gasteiger partial charge is 0.188 e. The van der Waals surface area contributed by atoms with Crippen molar-refractivity contribution < 1.29 is 9.47 Å². The lowest BCUT2D eigenvalue weighted by Crippen LogP contribution is -2.30. The summed E-state index contributed by atoms with van der Waals surface area (Å²) < 4.78 is 11.4. The molecule has 2 rings (SSSR count). The summed E-state index contributed by atoms with van der Waals surface area (Å²) in [7, 11) is 3.32. The monoisotopic (exact) mass is 277 g/mol. The molecule has 1 fully saturated rings. The van der Waals surface area contributed by atoms with Crippen LogP contribution in [0.2, 0.25) is 0 Å². The van der Waals surface area contributed by atoms with Crippen LogP contribution in [0.5, 0.6) is 11.5 Å². The van der Waals surface area contributed by atoms with Crippen molar-refractivity contribution in [1.82, 2.24) is 5.32 Å². The van der Waals surface area contributed by atoms with Gasteiger partial charge in [-0.05, 0) is 43.4 Å². The number of hydrogen-bond acceptors (Lipinski definition) is 3. The highest BCUT2D eigenvalue weighted by atomic mass is 16.5. The van der Waals surface area contributed by atoms with E-state index in [1.54, 1.807) is 14.2 Å². The SMILES string of the molecule is CN=C(N)NCc1ccc(OC)c(OC2CCCC2)c1. The molecule has 1 saturated carbocycles. The number of guanidine groups is 1. The molecule has 1 aromatic rings. The largest absolute Gasteiger partial charge is 0.493 e. The van der Waals surface area contributed by atoms with Crippen molar-refractivity contribution in [2.75, 3.05) is 14.2 Å². The molecule has 0 spiro atoms. The first-order valence-electron chi connectivity index (χ1n) is 7.02. The second-order valence-corrected chi connectivity index (χ2v) is 4.97. The van der Waals surface area contributed by atoms with E-state index < -0.39 is 0 Å². The Kier molecular flexibility index (Phi) is 5.09. The maximum absolute atomic E-state index is 6.06. The van der Waals surface area contributed by atoms with Crippen LogP contribution in [0.3, 0.4) is 0 Å². The Bertz CT molecular complexity index is 468. The Labute approximate surface area is 120 Å². The van der Waals surface area contributed by atoms with Crippen LogP contribution in [-0.4, -0.2) is 26.2 Å². The third-order valence-corrected chi connectivity index (χ3v) is 3.54. The van der Waals surface area contributed by atoms with E-state index in [2.05, 4.69) is 10.3 Å². The Morgan fingerprint density at radius 2 is 2.10 bits per heavy atom. The van der Waals surface area contributed by atoms with Gasteiger partial charge in [-0.25, -0.2) is 0 Å². The molecule has 110 valence electrons. The third kappa shape index (κ3) is 3.79. The predicted octanol–water partition coefficient (Wildman–Crippen LogP) is 2.05. The van der Waals surface area contributed by atoms with E-state index in [1.165, 1.54) is 12.8 Å². The maximum Gasteiger partial charge on any atom is 0.188 e. The van der Waals surface area contributed by atoms with Gasteiger partial charge >= 0.3 is 0 Å². The van der Waals surface area contributed by atoms with Crippen LogP contribution < -0.4 is 20.5 Å². The maximum atomic E-state index is 6.06. The minimum atomic E-state index is 0.314. The molecule has 3 N–H and O–H groups in total. The van der Waals surface area contributed by atoms with Gasteiger partial charge in [0, 0.05) is 13.6 Å². The Morgan fingerprint density at radius 1 is 1.35 bits per heavy atom. The van der Waals surface area contributed by atoms with Gasteiger partial charge < -0.3 is 20.5 Å². The number of rotatable bonds is 5. The fourth-order valence-electron chi connectivity index (χ4n) is 2.38. The summed E-state index contributed by atoms with van der Waals surface area (Å²) in [6.07, 6.45) is 5.06. The molecule has 0 aliphatic heterocycles. The number of nitrogens with two attached hydrogens (primary N) is 1. The molecule has 0 unspecified atom stereocenters. The van der Waals surface area contributed by atoms with Crippen molar-refractivity contribution in [2.45, 2.75) is 38.3 Å². The zero-order valence-electron chi connectivity index (χ0n) is 12.2. The number of nitrogens with zero attached hydrogens (tertiary/aromatic N) is 1. The number of benzene rings is 1. The molecule has 0 amide bonds. The van der Waals surface area contributed by atoms with Crippen LogP contribution in [0, 0.1) is 0 Å². The fourth-order valence-corrected chi connectivity index (χ4v) is 2.38. The van der Waals surface area contributed by atoms with Crippen molar-refractivity contribution in [3.05, 3.63) is 23.8 Å². The van der Waals surface area contributed by atoms with Gasteiger partial charge in [-0.3, -0.25) is 4.99 Å². The summed E-state index contributed by atoms with van der Waals surface area (Å²) in [5, 5.41) is 3.04. The molecule has 20 heavy (non-hydrogen) atoms. The average molecular weight is 277 g/mol. The van der Waals surface area contributed by atoms with Gasteiger partial charge in [0.15, 0.2) is 17.5 Å². The molecule has 1 aliphatic carbocycles. The quantitative estimate of drug-likeness (QED) is 0.638. The van der Waals surface area contributed by atoms with Gasteiger partial charge in [-0.15, -0.1) is 0 Å². The van der Waals surface area contributed by atoms with E-state index in [0.717, 1.165) is 29.9 Å². The fraction of sp³-hybridized carbons (Fsp3) is 0.533. The molecule has 0 radical (unpaired) electrons. The number of nitrogens with one attached hydrogen (secondary N) is 1. The summed E-state index contributed by atoms with van der Waals surface area (Å²) in [5.74, 6) is 2.02. The predicted molar refractivity (Wildman–Crippen MR) is 80.3 cm³/mol. The Balaban J connectivity index is 2.06. The molecule has 5 heteroatoms. The van der Waals surface area contributed by atoms with Crippen molar-refractivity contribution in [3.8, 4) is 11.5 Å². The van der Waals surface area contributed by atoms with Crippen molar-refractivity contribution >= 4 is 5.96 Å². The van der Waals surface area contributed by atoms with Gasteiger partial charge in [-0.1, -0.05) is 6.07 Å². The van der Waals surface area contributed by atoms with Crippen LogP contribution in [-0.2, 0) is 6.54 Å². The Hall–Kier alpha value is -1.91. The molecule has 0 atom stereocenters. The highest BCUT2D eigenvalue weighted by molar-refractivity contribution is 5.77. The van der Waals surface area contributed by atoms with E-state index >= 15 is 0 Å². The van der Waals surface area contributed by atoms with E-state index in [4.69, 9.17) is 15.2 Å². The minimum absolute atomic E-state index is 0.314. The zero-order valence-corrected chi connectivity index (χ0v) is 12.2. The van der Waals surface area contributed by atoms with E-state index in [0.29, 0.717) is 18.6 Å². The summed E-state index contributed by atoms with van der Waals surface area (Å²) in [6.45, 7) is 0.619. The number of methoxy groups -OCH3 is 1. The van der Waals surface area contributed by atoms with Crippen LogP contribution in [0.25, 0.3) is 0 Å². The number of ether oxygens (including phenoxy) is 2. The first-order valence-corrected chi connectivity index (χ1v) is 7.02. The molecular formula is C15H23N3O2. The van der Waals surface area contributed by atoms with Gasteiger partial charge in [0.25, 0.3) is 0 Å². The lowest BCUT2D eigenvalue weighted by Gasteiger charge is -2.17. The summed E-state index contributed by atoms with van der Waals surface area (Å²) in [4.78, 5) is 3.87. The molecule has 0 aromatic heterocycles. The molecule has 1 aliphatic rings. The van der Waals surface area contributed by atoms with Crippen LogP contribution >= 0.6 is 0 Å². The van der Waals surface area contributed by atoms with Crippen LogP contribution in [0.15, 0.2) is 23.2 Å². The van der Waals surface area contributed by atoms with Gasteiger partial charge in [0.2, 0.25) is 0 Å². The number of hydrogen-bond donors (Lipinski definition) is 2. The van der Waals surface area contributed by atoms with Crippen molar-refractivity contribution in [1.29, 1.82) is 0 Å². The minimum Gasteiger partial charge on any atom is -0.493 e. The van der Waals surface area contributed by atoms with Gasteiger partial charge in [0.1, 0.15) is 0 Å². The molecule has 1 aromatic carbocycles. The lowest BCUT2D eigenvalue weighted by atomic mass is 10.2. The summed E-state index contributed by atoms with van der Waals surface area (Å²) in [6, 6.07) is 5.93. The zero-order chi connectivity index (χ0) is 14.4. The van der Waals surface area contributed by atoms with Crippen molar-refractivity contribution in [3.63, 3.8) is 0 Å². The van der Waals surface area contributed by atoms with Gasteiger partial charge in [-0.2, -0.15) is 0 Å². The summed E-state index contributed by atoms with van der Waals surface area (Å²) in [5.41, 5.74) is 6.72. The molecule has 0 saturated heterocycles. The van der Waals surface area contributed by atoms with Crippen LogP contribution in [0.1, 0.15) is 31.2 Å². The van der Waals surface area contributed by atoms with E-state index in [1.807, 2.05) is 18.2 Å². The lowest BCUT2D eigenvalue weighted by molar-refractivity contribution is 0.200.